The van der Waals surface area contributed by atoms with E-state index >= 15 is 0 Å². The maximum absolute atomic E-state index is 12.1. The lowest BCUT2D eigenvalue weighted by Crippen LogP contribution is -2.25. The van der Waals surface area contributed by atoms with Gasteiger partial charge in [0.2, 0.25) is 10.0 Å². The van der Waals surface area contributed by atoms with E-state index in [-0.39, 0.29) is 4.90 Å². The van der Waals surface area contributed by atoms with Gasteiger partial charge in [0.15, 0.2) is 0 Å². The second-order valence-electron chi connectivity index (χ2n) is 4.34. The van der Waals surface area contributed by atoms with Crippen molar-refractivity contribution in [3.8, 4) is 0 Å². The molecule has 0 bridgehead atoms. The topological polar surface area (TPSA) is 87.7 Å². The molecule has 0 unspecified atom stereocenters. The van der Waals surface area contributed by atoms with E-state index in [0.29, 0.717) is 19.4 Å². The lowest BCUT2D eigenvalue weighted by molar-refractivity contribution is 0.578. The van der Waals surface area contributed by atoms with Crippen LogP contribution in [0.2, 0.25) is 0 Å². The van der Waals surface area contributed by atoms with Gasteiger partial charge >= 0.3 is 0 Å². The maximum atomic E-state index is 12.1. The number of halogens is 1. The van der Waals surface area contributed by atoms with Crippen LogP contribution in [-0.2, 0) is 16.4 Å². The highest BCUT2D eigenvalue weighted by molar-refractivity contribution is 9.10. The zero-order valence-corrected chi connectivity index (χ0v) is 13.3. The molecule has 0 saturated heterocycles. The summed E-state index contributed by atoms with van der Waals surface area (Å²) in [5.41, 5.74) is 0.884. The van der Waals surface area contributed by atoms with Crippen molar-refractivity contribution in [1.29, 1.82) is 0 Å². The number of H-pyrrole nitrogens is 1. The summed E-state index contributed by atoms with van der Waals surface area (Å²) in [4.78, 5) is 4.26. The van der Waals surface area contributed by atoms with Gasteiger partial charge in [-0.1, -0.05) is 15.9 Å². The fourth-order valence-corrected chi connectivity index (χ4v) is 3.09. The molecule has 20 heavy (non-hydrogen) atoms. The first-order chi connectivity index (χ1) is 9.49. The average molecular weight is 359 g/mol. The van der Waals surface area contributed by atoms with Crippen LogP contribution >= 0.6 is 15.9 Å². The average Bonchev–Trinajstić information content (AvgIpc) is 2.91. The number of hydrogen-bond acceptors (Lipinski definition) is 4. The Kier molecular flexibility index (Phi) is 4.90. The fraction of sp³-hybridized carbons (Fsp3) is 0.333. The van der Waals surface area contributed by atoms with Crippen molar-refractivity contribution in [2.45, 2.75) is 24.7 Å². The van der Waals surface area contributed by atoms with Crippen LogP contribution in [0.25, 0.3) is 0 Å². The van der Waals surface area contributed by atoms with Crippen molar-refractivity contribution < 1.29 is 8.42 Å². The van der Waals surface area contributed by atoms with E-state index in [0.717, 1.165) is 15.9 Å². The minimum absolute atomic E-state index is 0.276. The second-order valence-corrected chi connectivity index (χ2v) is 6.97. The molecule has 0 saturated carbocycles. The molecule has 2 rings (SSSR count). The molecule has 1 aromatic carbocycles. The van der Waals surface area contributed by atoms with Crippen LogP contribution in [0.4, 0.5) is 0 Å². The third-order valence-electron chi connectivity index (χ3n) is 2.79. The Morgan fingerprint density at radius 1 is 1.40 bits per heavy atom. The molecule has 1 heterocycles. The van der Waals surface area contributed by atoms with Gasteiger partial charge in [0.1, 0.15) is 12.2 Å². The number of sulfonamides is 1. The van der Waals surface area contributed by atoms with E-state index < -0.39 is 10.0 Å². The molecule has 0 amide bonds. The predicted octanol–water partition coefficient (Wildman–Crippen LogP) is 1.79. The number of aromatic amines is 1. The molecule has 0 aliphatic carbocycles. The van der Waals surface area contributed by atoms with Gasteiger partial charge in [-0.25, -0.2) is 18.1 Å². The Morgan fingerprint density at radius 2 is 2.20 bits per heavy atom. The summed E-state index contributed by atoms with van der Waals surface area (Å²) in [6.45, 7) is 2.21. The molecule has 2 N–H and O–H groups in total. The summed E-state index contributed by atoms with van der Waals surface area (Å²) in [6.07, 6.45) is 2.75. The molecular weight excluding hydrogens is 344 g/mol. The molecule has 0 aliphatic heterocycles. The molecule has 8 heteroatoms. The van der Waals surface area contributed by atoms with E-state index in [2.05, 4.69) is 35.8 Å². The van der Waals surface area contributed by atoms with Gasteiger partial charge in [-0.3, -0.25) is 5.10 Å². The summed E-state index contributed by atoms with van der Waals surface area (Å²) < 4.78 is 27.7. The minimum atomic E-state index is -3.46. The van der Waals surface area contributed by atoms with Crippen molar-refractivity contribution in [3.63, 3.8) is 0 Å². The Bertz CT molecular complexity index is 671. The van der Waals surface area contributed by atoms with Crippen LogP contribution in [0.5, 0.6) is 0 Å². The monoisotopic (exact) mass is 358 g/mol. The number of benzene rings is 1. The Hall–Kier alpha value is -1.25. The van der Waals surface area contributed by atoms with E-state index in [1.54, 1.807) is 18.2 Å². The summed E-state index contributed by atoms with van der Waals surface area (Å²) in [5, 5.41) is 6.47. The van der Waals surface area contributed by atoms with Crippen molar-refractivity contribution in [2.75, 3.05) is 6.54 Å². The quantitative estimate of drug-likeness (QED) is 0.770. The first-order valence-electron chi connectivity index (χ1n) is 6.09. The molecule has 0 fully saturated rings. The zero-order chi connectivity index (χ0) is 14.6. The van der Waals surface area contributed by atoms with Crippen molar-refractivity contribution >= 4 is 26.0 Å². The highest BCUT2D eigenvalue weighted by Crippen LogP contribution is 2.19. The van der Waals surface area contributed by atoms with Gasteiger partial charge < -0.3 is 0 Å². The van der Waals surface area contributed by atoms with E-state index in [1.165, 1.54) is 6.33 Å². The van der Waals surface area contributed by atoms with Crippen LogP contribution in [0, 0.1) is 6.92 Å². The van der Waals surface area contributed by atoms with Crippen LogP contribution < -0.4 is 4.72 Å². The molecule has 0 atom stereocenters. The van der Waals surface area contributed by atoms with Gasteiger partial charge in [0.25, 0.3) is 0 Å². The van der Waals surface area contributed by atoms with Crippen molar-refractivity contribution in [1.82, 2.24) is 19.9 Å². The second kappa shape index (κ2) is 6.47. The summed E-state index contributed by atoms with van der Waals surface area (Å²) >= 11 is 3.35. The van der Waals surface area contributed by atoms with Gasteiger partial charge in [-0.15, -0.1) is 0 Å². The SMILES string of the molecule is Cc1cc(S(=O)(=O)NCCCc2ncn[nH]2)ccc1Br. The summed E-state index contributed by atoms with van der Waals surface area (Å²) in [7, 11) is -3.46. The third kappa shape index (κ3) is 3.87. The van der Waals surface area contributed by atoms with Gasteiger partial charge in [0, 0.05) is 17.4 Å². The molecule has 2 aromatic rings. The van der Waals surface area contributed by atoms with E-state index in [4.69, 9.17) is 0 Å². The first kappa shape index (κ1) is 15.1. The highest BCUT2D eigenvalue weighted by Gasteiger charge is 2.14. The third-order valence-corrected chi connectivity index (χ3v) is 5.14. The Morgan fingerprint density at radius 3 is 2.85 bits per heavy atom. The molecule has 6 nitrogen and oxygen atoms in total. The Labute approximate surface area is 126 Å². The summed E-state index contributed by atoms with van der Waals surface area (Å²) in [5.74, 6) is 0.753. The fourth-order valence-electron chi connectivity index (χ4n) is 1.68. The summed E-state index contributed by atoms with van der Waals surface area (Å²) in [6, 6.07) is 4.96. The number of aryl methyl sites for hydroxylation is 2. The lowest BCUT2D eigenvalue weighted by Gasteiger charge is -2.07. The van der Waals surface area contributed by atoms with Gasteiger partial charge in [0.05, 0.1) is 4.90 Å². The first-order valence-corrected chi connectivity index (χ1v) is 8.37. The largest absolute Gasteiger partial charge is 0.263 e. The molecule has 0 aliphatic rings. The highest BCUT2D eigenvalue weighted by atomic mass is 79.9. The molecule has 0 radical (unpaired) electrons. The standard InChI is InChI=1S/C12H15BrN4O2S/c1-9-7-10(4-5-11(9)13)20(18,19)16-6-2-3-12-14-8-15-17-12/h4-5,7-8,16H,2-3,6H2,1H3,(H,14,15,17). The lowest BCUT2D eigenvalue weighted by atomic mass is 10.2. The molecule has 1 aromatic heterocycles. The van der Waals surface area contributed by atoms with E-state index in [1.807, 2.05) is 6.92 Å². The predicted molar refractivity (Wildman–Crippen MR) is 78.8 cm³/mol. The minimum Gasteiger partial charge on any atom is -0.263 e. The Balaban J connectivity index is 1.92. The van der Waals surface area contributed by atoms with Crippen LogP contribution in [0.3, 0.4) is 0 Å². The molecule has 108 valence electrons. The number of nitrogens with one attached hydrogen (secondary N) is 2. The number of hydrogen-bond donors (Lipinski definition) is 2. The molecular formula is C12H15BrN4O2S. The van der Waals surface area contributed by atoms with Crippen LogP contribution in [0.1, 0.15) is 17.8 Å². The van der Waals surface area contributed by atoms with Crippen molar-refractivity contribution in [2.24, 2.45) is 0 Å². The van der Waals surface area contributed by atoms with Crippen LogP contribution in [-0.4, -0.2) is 30.1 Å². The van der Waals surface area contributed by atoms with Crippen molar-refractivity contribution in [3.05, 3.63) is 40.4 Å². The number of nitrogens with zero attached hydrogens (tertiary/aromatic N) is 2. The van der Waals surface area contributed by atoms with Gasteiger partial charge in [-0.2, -0.15) is 5.10 Å². The normalized spacial score (nSPS) is 11.7. The number of rotatable bonds is 6. The maximum Gasteiger partial charge on any atom is 0.240 e. The van der Waals surface area contributed by atoms with Gasteiger partial charge in [-0.05, 0) is 37.1 Å². The van der Waals surface area contributed by atoms with Crippen LogP contribution in [0.15, 0.2) is 33.9 Å². The number of aromatic nitrogens is 3. The smallest absolute Gasteiger partial charge is 0.240 e. The van der Waals surface area contributed by atoms with E-state index in [9.17, 15) is 8.42 Å². The zero-order valence-electron chi connectivity index (χ0n) is 10.9. The molecule has 0 spiro atoms.